The molecule has 0 aliphatic carbocycles. The lowest BCUT2D eigenvalue weighted by molar-refractivity contribution is -0.132. The lowest BCUT2D eigenvalue weighted by atomic mass is 10.2. The molecule has 4 heteroatoms. The fourth-order valence-electron chi connectivity index (χ4n) is 1.38. The fraction of sp³-hybridized carbons (Fsp3) is 0.500. The van der Waals surface area contributed by atoms with Crippen LogP contribution in [-0.4, -0.2) is 18.6 Å². The van der Waals surface area contributed by atoms with Gasteiger partial charge in [-0.05, 0) is 18.9 Å². The summed E-state index contributed by atoms with van der Waals surface area (Å²) in [5.74, 6) is -0.153. The maximum absolute atomic E-state index is 13.3. The number of amides is 1. The molecule has 1 aromatic rings. The van der Waals surface area contributed by atoms with Gasteiger partial charge in [-0.25, -0.2) is 4.39 Å². The van der Waals surface area contributed by atoms with Crippen molar-refractivity contribution < 1.29 is 13.9 Å². The molecule has 0 saturated carbocycles. The van der Waals surface area contributed by atoms with Crippen molar-refractivity contribution >= 4 is 5.91 Å². The Kier molecular flexibility index (Phi) is 5.78. The Balaban J connectivity index is 2.39. The SMILES string of the molecule is CC(C)CO[C@@H](C)C(=O)NCc1ccccc1F. The summed E-state index contributed by atoms with van der Waals surface area (Å²) in [6.07, 6.45) is -0.515. The van der Waals surface area contributed by atoms with Gasteiger partial charge in [0.2, 0.25) is 5.91 Å². The number of ether oxygens (including phenoxy) is 1. The van der Waals surface area contributed by atoms with Crippen LogP contribution in [0.4, 0.5) is 4.39 Å². The van der Waals surface area contributed by atoms with Crippen LogP contribution in [0.1, 0.15) is 26.3 Å². The molecule has 1 N–H and O–H groups in total. The summed E-state index contributed by atoms with van der Waals surface area (Å²) in [6.45, 7) is 6.45. The molecule has 1 rings (SSSR count). The summed E-state index contributed by atoms with van der Waals surface area (Å²) in [4.78, 5) is 11.7. The van der Waals surface area contributed by atoms with Crippen LogP contribution in [-0.2, 0) is 16.1 Å². The second kappa shape index (κ2) is 7.11. The Morgan fingerprint density at radius 3 is 2.61 bits per heavy atom. The molecule has 0 saturated heterocycles. The highest BCUT2D eigenvalue weighted by Gasteiger charge is 2.13. The van der Waals surface area contributed by atoms with E-state index in [1.165, 1.54) is 6.07 Å². The molecule has 1 aromatic carbocycles. The van der Waals surface area contributed by atoms with Crippen LogP contribution in [0.15, 0.2) is 24.3 Å². The van der Waals surface area contributed by atoms with Gasteiger partial charge in [0.15, 0.2) is 0 Å². The number of carbonyl (C=O) groups is 1. The van der Waals surface area contributed by atoms with Crippen molar-refractivity contribution in [2.24, 2.45) is 5.92 Å². The zero-order valence-electron chi connectivity index (χ0n) is 11.1. The third-order valence-electron chi connectivity index (χ3n) is 2.46. The lowest BCUT2D eigenvalue weighted by Crippen LogP contribution is -2.34. The van der Waals surface area contributed by atoms with Gasteiger partial charge in [-0.2, -0.15) is 0 Å². The molecule has 1 amide bonds. The van der Waals surface area contributed by atoms with Crippen molar-refractivity contribution in [2.75, 3.05) is 6.61 Å². The molecule has 0 spiro atoms. The van der Waals surface area contributed by atoms with Crippen molar-refractivity contribution in [1.29, 1.82) is 0 Å². The number of benzene rings is 1. The van der Waals surface area contributed by atoms with E-state index in [1.807, 2.05) is 13.8 Å². The summed E-state index contributed by atoms with van der Waals surface area (Å²) in [6, 6.07) is 6.38. The quantitative estimate of drug-likeness (QED) is 0.846. The van der Waals surface area contributed by atoms with Crippen molar-refractivity contribution in [3.63, 3.8) is 0 Å². The van der Waals surface area contributed by atoms with E-state index in [1.54, 1.807) is 25.1 Å². The standard InChI is InChI=1S/C14H20FNO2/c1-10(2)9-18-11(3)14(17)16-8-12-6-4-5-7-13(12)15/h4-7,10-11H,8-9H2,1-3H3,(H,16,17)/t11-/m0/s1. The van der Waals surface area contributed by atoms with Gasteiger partial charge in [0.05, 0.1) is 0 Å². The van der Waals surface area contributed by atoms with Crippen LogP contribution in [0.3, 0.4) is 0 Å². The monoisotopic (exact) mass is 253 g/mol. The lowest BCUT2D eigenvalue weighted by Gasteiger charge is -2.15. The van der Waals surface area contributed by atoms with Gasteiger partial charge in [0, 0.05) is 18.7 Å². The number of hydrogen-bond acceptors (Lipinski definition) is 2. The Morgan fingerprint density at radius 2 is 2.00 bits per heavy atom. The molecule has 0 unspecified atom stereocenters. The molecular formula is C14H20FNO2. The first-order valence-corrected chi connectivity index (χ1v) is 6.13. The van der Waals surface area contributed by atoms with Crippen LogP contribution < -0.4 is 5.32 Å². The summed E-state index contributed by atoms with van der Waals surface area (Å²) in [5, 5.41) is 2.66. The van der Waals surface area contributed by atoms with Crippen LogP contribution in [0.25, 0.3) is 0 Å². The summed E-state index contributed by atoms with van der Waals surface area (Å²) in [5.41, 5.74) is 0.474. The van der Waals surface area contributed by atoms with Crippen LogP contribution in [0.2, 0.25) is 0 Å². The number of hydrogen-bond donors (Lipinski definition) is 1. The van der Waals surface area contributed by atoms with E-state index in [0.717, 1.165) is 0 Å². The Hall–Kier alpha value is -1.42. The van der Waals surface area contributed by atoms with E-state index < -0.39 is 6.10 Å². The Bertz CT molecular complexity index is 393. The largest absolute Gasteiger partial charge is 0.368 e. The van der Waals surface area contributed by atoms with Gasteiger partial charge >= 0.3 is 0 Å². The maximum atomic E-state index is 13.3. The van der Waals surface area contributed by atoms with E-state index in [-0.39, 0.29) is 18.3 Å². The third kappa shape index (κ3) is 4.84. The topological polar surface area (TPSA) is 38.3 Å². The normalized spacial score (nSPS) is 12.5. The van der Waals surface area contributed by atoms with Gasteiger partial charge < -0.3 is 10.1 Å². The molecule has 100 valence electrons. The molecule has 0 radical (unpaired) electrons. The van der Waals surface area contributed by atoms with E-state index in [4.69, 9.17) is 4.74 Å². The molecule has 0 heterocycles. The van der Waals surface area contributed by atoms with Gasteiger partial charge in [0.25, 0.3) is 0 Å². The fourth-order valence-corrected chi connectivity index (χ4v) is 1.38. The second-order valence-electron chi connectivity index (χ2n) is 4.68. The van der Waals surface area contributed by atoms with E-state index >= 15 is 0 Å². The molecule has 0 aromatic heterocycles. The molecule has 0 fully saturated rings. The number of carbonyl (C=O) groups excluding carboxylic acids is 1. The molecule has 1 atom stereocenters. The molecule has 0 aliphatic heterocycles. The number of halogens is 1. The van der Waals surface area contributed by atoms with Crippen LogP contribution >= 0.6 is 0 Å². The molecule has 0 aliphatic rings. The summed E-state index contributed by atoms with van der Waals surface area (Å²) in [7, 11) is 0. The van der Waals surface area contributed by atoms with Crippen molar-refractivity contribution in [1.82, 2.24) is 5.32 Å². The minimum atomic E-state index is -0.515. The highest BCUT2D eigenvalue weighted by atomic mass is 19.1. The van der Waals surface area contributed by atoms with Gasteiger partial charge in [-0.1, -0.05) is 32.0 Å². The Labute approximate surface area is 107 Å². The third-order valence-corrected chi connectivity index (χ3v) is 2.46. The van der Waals surface area contributed by atoms with Gasteiger partial charge in [0.1, 0.15) is 11.9 Å². The highest BCUT2D eigenvalue weighted by Crippen LogP contribution is 2.06. The van der Waals surface area contributed by atoms with E-state index in [2.05, 4.69) is 5.32 Å². The van der Waals surface area contributed by atoms with E-state index in [0.29, 0.717) is 18.1 Å². The van der Waals surface area contributed by atoms with Crippen LogP contribution in [0.5, 0.6) is 0 Å². The second-order valence-corrected chi connectivity index (χ2v) is 4.68. The molecule has 3 nitrogen and oxygen atoms in total. The first kappa shape index (κ1) is 14.6. The minimum Gasteiger partial charge on any atom is -0.368 e. The highest BCUT2D eigenvalue weighted by molar-refractivity contribution is 5.80. The molecule has 18 heavy (non-hydrogen) atoms. The predicted molar refractivity (Wildman–Crippen MR) is 68.5 cm³/mol. The smallest absolute Gasteiger partial charge is 0.249 e. The van der Waals surface area contributed by atoms with Crippen molar-refractivity contribution in [3.8, 4) is 0 Å². The molecule has 0 bridgehead atoms. The van der Waals surface area contributed by atoms with Crippen molar-refractivity contribution in [3.05, 3.63) is 35.6 Å². The van der Waals surface area contributed by atoms with Crippen molar-refractivity contribution in [2.45, 2.75) is 33.4 Å². The Morgan fingerprint density at radius 1 is 1.33 bits per heavy atom. The maximum Gasteiger partial charge on any atom is 0.249 e. The first-order chi connectivity index (χ1) is 8.50. The zero-order valence-corrected chi connectivity index (χ0v) is 11.1. The van der Waals surface area contributed by atoms with E-state index in [9.17, 15) is 9.18 Å². The summed E-state index contributed by atoms with van der Waals surface area (Å²) >= 11 is 0. The predicted octanol–water partition coefficient (Wildman–Crippen LogP) is 2.50. The van der Waals surface area contributed by atoms with Gasteiger partial charge in [-0.15, -0.1) is 0 Å². The molecular weight excluding hydrogens is 233 g/mol. The minimum absolute atomic E-state index is 0.181. The average molecular weight is 253 g/mol. The van der Waals surface area contributed by atoms with Crippen LogP contribution in [0, 0.1) is 11.7 Å². The first-order valence-electron chi connectivity index (χ1n) is 6.13. The zero-order chi connectivity index (χ0) is 13.5. The van der Waals surface area contributed by atoms with Gasteiger partial charge in [-0.3, -0.25) is 4.79 Å². The number of nitrogens with one attached hydrogen (secondary N) is 1. The summed E-state index contributed by atoms with van der Waals surface area (Å²) < 4.78 is 18.7. The number of rotatable bonds is 6. The average Bonchev–Trinajstić information content (AvgIpc) is 2.34.